The van der Waals surface area contributed by atoms with E-state index >= 15 is 0 Å². The minimum absolute atomic E-state index is 0.130. The Balaban J connectivity index is 1.62. The number of rotatable bonds is 3. The first-order chi connectivity index (χ1) is 10.1. The molecule has 0 spiro atoms. The fraction of sp³-hybridized carbons (Fsp3) is 0.875. The number of carbonyl (C=O) groups excluding carboxylic acids is 2. The van der Waals surface area contributed by atoms with Gasteiger partial charge in [-0.3, -0.25) is 9.59 Å². The number of nitrogens with one attached hydrogen (secondary N) is 1. The zero-order valence-electron chi connectivity index (χ0n) is 12.8. The highest BCUT2D eigenvalue weighted by molar-refractivity contribution is 5.84. The number of likely N-dealkylation sites (tertiary alicyclic amines) is 1. The van der Waals surface area contributed by atoms with Gasteiger partial charge in [-0.05, 0) is 44.1 Å². The molecule has 0 aromatic heterocycles. The maximum absolute atomic E-state index is 13.1. The molecule has 0 bridgehead atoms. The summed E-state index contributed by atoms with van der Waals surface area (Å²) in [5, 5.41) is 3.45. The normalized spacial score (nSPS) is 33.7. The molecule has 0 aromatic rings. The van der Waals surface area contributed by atoms with Gasteiger partial charge in [0.25, 0.3) is 0 Å². The van der Waals surface area contributed by atoms with E-state index in [0.717, 1.165) is 45.4 Å². The molecule has 3 N–H and O–H groups in total. The summed E-state index contributed by atoms with van der Waals surface area (Å²) in [7, 11) is 0. The van der Waals surface area contributed by atoms with Crippen LogP contribution in [0.3, 0.4) is 0 Å². The predicted molar refractivity (Wildman–Crippen MR) is 80.4 cm³/mol. The van der Waals surface area contributed by atoms with Crippen LogP contribution in [0, 0.1) is 17.3 Å². The molecule has 2 saturated heterocycles. The summed E-state index contributed by atoms with van der Waals surface area (Å²) >= 11 is 0. The van der Waals surface area contributed by atoms with Crippen molar-refractivity contribution in [3.63, 3.8) is 0 Å². The van der Waals surface area contributed by atoms with E-state index in [2.05, 4.69) is 10.2 Å². The Morgan fingerprint density at radius 1 is 1.19 bits per heavy atom. The predicted octanol–water partition coefficient (Wildman–Crippen LogP) is 0.880. The lowest BCUT2D eigenvalue weighted by Crippen LogP contribution is -2.52. The van der Waals surface area contributed by atoms with Crippen molar-refractivity contribution in [2.24, 2.45) is 23.0 Å². The molecule has 2 aliphatic heterocycles. The van der Waals surface area contributed by atoms with Crippen LogP contribution in [-0.2, 0) is 9.59 Å². The quantitative estimate of drug-likeness (QED) is 0.811. The number of fused-ring (bicyclic) bond motifs is 1. The van der Waals surface area contributed by atoms with Crippen molar-refractivity contribution in [3.05, 3.63) is 0 Å². The van der Waals surface area contributed by atoms with Crippen LogP contribution in [0.1, 0.15) is 44.9 Å². The summed E-state index contributed by atoms with van der Waals surface area (Å²) in [5.41, 5.74) is 5.15. The van der Waals surface area contributed by atoms with Gasteiger partial charge in [-0.15, -0.1) is 0 Å². The number of hydrogen-bond acceptors (Lipinski definition) is 3. The third kappa shape index (κ3) is 2.80. The molecule has 2 atom stereocenters. The highest BCUT2D eigenvalue weighted by Crippen LogP contribution is 2.45. The van der Waals surface area contributed by atoms with Crippen molar-refractivity contribution >= 4 is 11.8 Å². The molecule has 3 rings (SSSR count). The van der Waals surface area contributed by atoms with Gasteiger partial charge in [0.1, 0.15) is 0 Å². The number of primary amides is 1. The Bertz CT molecular complexity index is 418. The molecule has 5 nitrogen and oxygen atoms in total. The number of nitrogens with two attached hydrogens (primary N) is 1. The van der Waals surface area contributed by atoms with Crippen LogP contribution in [0.5, 0.6) is 0 Å². The monoisotopic (exact) mass is 293 g/mol. The maximum atomic E-state index is 13.1. The van der Waals surface area contributed by atoms with Crippen molar-refractivity contribution in [2.45, 2.75) is 44.9 Å². The fourth-order valence-corrected chi connectivity index (χ4v) is 4.61. The first-order valence-electron chi connectivity index (χ1n) is 8.40. The Kier molecular flexibility index (Phi) is 4.20. The molecule has 5 heteroatoms. The molecule has 2 amide bonds. The van der Waals surface area contributed by atoms with Crippen LogP contribution < -0.4 is 11.1 Å². The largest absolute Gasteiger partial charge is 0.370 e. The maximum Gasteiger partial charge on any atom is 0.230 e. The van der Waals surface area contributed by atoms with Gasteiger partial charge in [-0.2, -0.15) is 0 Å². The van der Waals surface area contributed by atoms with E-state index in [4.69, 9.17) is 5.73 Å². The molecule has 3 aliphatic rings. The Morgan fingerprint density at radius 2 is 1.95 bits per heavy atom. The minimum atomic E-state index is -0.217. The van der Waals surface area contributed by atoms with E-state index in [1.165, 1.54) is 19.3 Å². The standard InChI is InChI=1S/C16H27N3O2/c17-14(20)9-12-4-7-19(8-5-12)15(21)16-6-2-1-3-13(16)10-18-11-16/h12-13,18H,1-11H2,(H2,17,20)/t13-,16+/m0/s1. The van der Waals surface area contributed by atoms with Crippen LogP contribution in [0.15, 0.2) is 0 Å². The van der Waals surface area contributed by atoms with E-state index < -0.39 is 0 Å². The molecule has 118 valence electrons. The van der Waals surface area contributed by atoms with E-state index in [-0.39, 0.29) is 11.3 Å². The van der Waals surface area contributed by atoms with Crippen LogP contribution in [0.4, 0.5) is 0 Å². The van der Waals surface area contributed by atoms with Crippen molar-refractivity contribution in [1.29, 1.82) is 0 Å². The third-order valence-electron chi connectivity index (χ3n) is 5.86. The summed E-state index contributed by atoms with van der Waals surface area (Å²) in [5.74, 6) is 1.05. The molecule has 2 heterocycles. The molecule has 0 aromatic carbocycles. The summed E-state index contributed by atoms with van der Waals surface area (Å²) in [6.07, 6.45) is 6.99. The van der Waals surface area contributed by atoms with Gasteiger partial charge in [0.15, 0.2) is 0 Å². The van der Waals surface area contributed by atoms with Gasteiger partial charge in [0.2, 0.25) is 11.8 Å². The molecule has 3 fully saturated rings. The Hall–Kier alpha value is -1.10. The second-order valence-corrected chi connectivity index (χ2v) is 7.14. The summed E-state index contributed by atoms with van der Waals surface area (Å²) < 4.78 is 0. The Labute approximate surface area is 126 Å². The van der Waals surface area contributed by atoms with Gasteiger partial charge in [0, 0.05) is 26.1 Å². The van der Waals surface area contributed by atoms with Crippen molar-refractivity contribution in [2.75, 3.05) is 26.2 Å². The van der Waals surface area contributed by atoms with Gasteiger partial charge < -0.3 is 16.0 Å². The lowest BCUT2D eigenvalue weighted by atomic mass is 9.67. The molecular formula is C16H27N3O2. The molecule has 1 saturated carbocycles. The average Bonchev–Trinajstić information content (AvgIpc) is 2.91. The Morgan fingerprint density at radius 3 is 2.67 bits per heavy atom. The fourth-order valence-electron chi connectivity index (χ4n) is 4.61. The van der Waals surface area contributed by atoms with Gasteiger partial charge in [-0.1, -0.05) is 12.8 Å². The third-order valence-corrected chi connectivity index (χ3v) is 5.86. The molecule has 21 heavy (non-hydrogen) atoms. The first-order valence-corrected chi connectivity index (χ1v) is 8.40. The second kappa shape index (κ2) is 5.95. The topological polar surface area (TPSA) is 75.4 Å². The highest BCUT2D eigenvalue weighted by Gasteiger charge is 2.51. The SMILES string of the molecule is NC(=O)CC1CCN(C(=O)[C@@]23CCCC[C@H]2CNC3)CC1. The number of piperidine rings is 1. The van der Waals surface area contributed by atoms with E-state index in [9.17, 15) is 9.59 Å². The summed E-state index contributed by atoms with van der Waals surface area (Å²) in [4.78, 5) is 26.2. The van der Waals surface area contributed by atoms with Gasteiger partial charge in [-0.25, -0.2) is 0 Å². The van der Waals surface area contributed by atoms with E-state index in [1.54, 1.807) is 0 Å². The number of hydrogen-bond donors (Lipinski definition) is 2. The molecule has 0 radical (unpaired) electrons. The van der Waals surface area contributed by atoms with E-state index in [0.29, 0.717) is 24.2 Å². The van der Waals surface area contributed by atoms with Crippen LogP contribution in [0.2, 0.25) is 0 Å². The first kappa shape index (κ1) is 14.8. The smallest absolute Gasteiger partial charge is 0.230 e. The van der Waals surface area contributed by atoms with Crippen molar-refractivity contribution in [1.82, 2.24) is 10.2 Å². The van der Waals surface area contributed by atoms with Crippen LogP contribution in [-0.4, -0.2) is 42.9 Å². The number of amides is 2. The lowest BCUT2D eigenvalue weighted by molar-refractivity contribution is -0.146. The average molecular weight is 293 g/mol. The summed E-state index contributed by atoms with van der Waals surface area (Å²) in [6.45, 7) is 3.46. The summed E-state index contributed by atoms with van der Waals surface area (Å²) in [6, 6.07) is 0. The lowest BCUT2D eigenvalue weighted by Gasteiger charge is -2.43. The van der Waals surface area contributed by atoms with Crippen LogP contribution in [0.25, 0.3) is 0 Å². The zero-order chi connectivity index (χ0) is 14.9. The van der Waals surface area contributed by atoms with Crippen LogP contribution >= 0.6 is 0 Å². The molecule has 0 unspecified atom stereocenters. The number of carbonyl (C=O) groups is 2. The van der Waals surface area contributed by atoms with E-state index in [1.807, 2.05) is 0 Å². The van der Waals surface area contributed by atoms with Gasteiger partial charge >= 0.3 is 0 Å². The highest BCUT2D eigenvalue weighted by atomic mass is 16.2. The zero-order valence-corrected chi connectivity index (χ0v) is 12.8. The van der Waals surface area contributed by atoms with Crippen molar-refractivity contribution < 1.29 is 9.59 Å². The second-order valence-electron chi connectivity index (χ2n) is 7.14. The van der Waals surface area contributed by atoms with Gasteiger partial charge in [0.05, 0.1) is 5.41 Å². The molecular weight excluding hydrogens is 266 g/mol. The molecule has 1 aliphatic carbocycles. The number of nitrogens with zero attached hydrogens (tertiary/aromatic N) is 1. The van der Waals surface area contributed by atoms with Crippen molar-refractivity contribution in [3.8, 4) is 0 Å². The minimum Gasteiger partial charge on any atom is -0.370 e.